The Bertz CT molecular complexity index is 254. The van der Waals surface area contributed by atoms with Crippen LogP contribution in [0.25, 0.3) is 0 Å². The van der Waals surface area contributed by atoms with E-state index in [1.165, 1.54) is 51.4 Å². The Morgan fingerprint density at radius 3 is 2.37 bits per heavy atom. The molecule has 0 saturated heterocycles. The van der Waals surface area contributed by atoms with E-state index in [1.807, 2.05) is 0 Å². The molecule has 112 valence electrons. The van der Waals surface area contributed by atoms with Gasteiger partial charge in [0, 0.05) is 6.61 Å². The summed E-state index contributed by atoms with van der Waals surface area (Å²) in [6.45, 7) is 5.12. The molecule has 2 aliphatic carbocycles. The Balaban J connectivity index is 2.07. The molecular formula is C17H32O2. The van der Waals surface area contributed by atoms with Crippen molar-refractivity contribution in [2.24, 2.45) is 11.8 Å². The van der Waals surface area contributed by atoms with Gasteiger partial charge in [-0.05, 0) is 44.4 Å². The van der Waals surface area contributed by atoms with Crippen LogP contribution in [0, 0.1) is 11.8 Å². The molecule has 2 nitrogen and oxygen atoms in total. The second-order valence-corrected chi connectivity index (χ2v) is 6.90. The fourth-order valence-corrected chi connectivity index (χ4v) is 4.37. The van der Waals surface area contributed by atoms with Crippen molar-refractivity contribution in [2.75, 3.05) is 6.61 Å². The van der Waals surface area contributed by atoms with Gasteiger partial charge < -0.3 is 9.84 Å². The number of ether oxygens (including phenoxy) is 1. The Kier molecular flexibility index (Phi) is 5.70. The first-order chi connectivity index (χ1) is 9.18. The lowest BCUT2D eigenvalue weighted by Crippen LogP contribution is -2.51. The van der Waals surface area contributed by atoms with E-state index >= 15 is 0 Å². The highest BCUT2D eigenvalue weighted by Gasteiger charge is 2.45. The van der Waals surface area contributed by atoms with Gasteiger partial charge in [-0.15, -0.1) is 0 Å². The quantitative estimate of drug-likeness (QED) is 0.770. The van der Waals surface area contributed by atoms with Crippen LogP contribution in [0.15, 0.2) is 0 Å². The topological polar surface area (TPSA) is 29.5 Å². The van der Waals surface area contributed by atoms with Crippen LogP contribution < -0.4 is 0 Å². The molecule has 2 fully saturated rings. The van der Waals surface area contributed by atoms with Gasteiger partial charge in [0.1, 0.15) is 0 Å². The molecule has 0 spiro atoms. The van der Waals surface area contributed by atoms with Crippen molar-refractivity contribution in [1.29, 1.82) is 0 Å². The van der Waals surface area contributed by atoms with Crippen molar-refractivity contribution >= 4 is 0 Å². The number of aliphatic hydroxyl groups excluding tert-OH is 1. The van der Waals surface area contributed by atoms with Gasteiger partial charge in [0.25, 0.3) is 0 Å². The number of hydrogen-bond acceptors (Lipinski definition) is 2. The largest absolute Gasteiger partial charge is 0.390 e. The maximum Gasteiger partial charge on any atom is 0.0945 e. The Hall–Kier alpha value is -0.0800. The molecule has 1 N–H and O–H groups in total. The molecular weight excluding hydrogens is 236 g/mol. The lowest BCUT2D eigenvalue weighted by Gasteiger charge is -2.45. The first kappa shape index (κ1) is 15.3. The van der Waals surface area contributed by atoms with Gasteiger partial charge in [0.15, 0.2) is 0 Å². The molecule has 2 rings (SSSR count). The Labute approximate surface area is 118 Å². The number of rotatable bonds is 4. The summed E-state index contributed by atoms with van der Waals surface area (Å²) in [6.07, 6.45) is 12.1. The third-order valence-electron chi connectivity index (χ3n) is 5.31. The predicted molar refractivity (Wildman–Crippen MR) is 79.2 cm³/mol. The third kappa shape index (κ3) is 3.72. The van der Waals surface area contributed by atoms with Crippen molar-refractivity contribution in [3.05, 3.63) is 0 Å². The SMILES string of the molecule is CCOC1(C(O)C2CCCCCC2)CCCC(C)C1. The highest BCUT2D eigenvalue weighted by atomic mass is 16.5. The van der Waals surface area contributed by atoms with Crippen LogP contribution in [0.1, 0.15) is 78.1 Å². The van der Waals surface area contributed by atoms with Gasteiger partial charge >= 0.3 is 0 Å². The molecule has 0 aromatic rings. The smallest absolute Gasteiger partial charge is 0.0945 e. The number of aliphatic hydroxyl groups is 1. The molecule has 2 saturated carbocycles. The van der Waals surface area contributed by atoms with Crippen LogP contribution in [-0.4, -0.2) is 23.4 Å². The molecule has 0 amide bonds. The molecule has 0 heterocycles. The van der Waals surface area contributed by atoms with Gasteiger partial charge in [0.2, 0.25) is 0 Å². The van der Waals surface area contributed by atoms with Gasteiger partial charge in [-0.25, -0.2) is 0 Å². The van der Waals surface area contributed by atoms with Crippen LogP contribution in [-0.2, 0) is 4.74 Å². The minimum Gasteiger partial charge on any atom is -0.390 e. The standard InChI is InChI=1S/C17H32O2/c1-3-19-17(12-8-9-14(2)13-17)16(18)15-10-6-4-5-7-11-15/h14-16,18H,3-13H2,1-2H3. The van der Waals surface area contributed by atoms with Crippen LogP contribution >= 0.6 is 0 Å². The Morgan fingerprint density at radius 2 is 1.79 bits per heavy atom. The summed E-state index contributed by atoms with van der Waals surface area (Å²) in [5, 5.41) is 11.0. The zero-order valence-electron chi connectivity index (χ0n) is 12.9. The predicted octanol–water partition coefficient (Wildman–Crippen LogP) is 4.30. The lowest BCUT2D eigenvalue weighted by molar-refractivity contribution is -0.165. The molecule has 0 aromatic heterocycles. The van der Waals surface area contributed by atoms with Gasteiger partial charge in [-0.3, -0.25) is 0 Å². The van der Waals surface area contributed by atoms with Crippen LogP contribution in [0.2, 0.25) is 0 Å². The molecule has 19 heavy (non-hydrogen) atoms. The summed E-state index contributed by atoms with van der Waals surface area (Å²) < 4.78 is 6.15. The normalized spacial score (nSPS) is 35.8. The molecule has 0 radical (unpaired) electrons. The van der Waals surface area contributed by atoms with Crippen LogP contribution in [0.3, 0.4) is 0 Å². The second-order valence-electron chi connectivity index (χ2n) is 6.90. The zero-order valence-corrected chi connectivity index (χ0v) is 12.9. The molecule has 0 aliphatic heterocycles. The summed E-state index contributed by atoms with van der Waals surface area (Å²) in [6, 6.07) is 0. The first-order valence-corrected chi connectivity index (χ1v) is 8.50. The minimum atomic E-state index is -0.242. The summed E-state index contributed by atoms with van der Waals surface area (Å²) in [5.74, 6) is 1.17. The van der Waals surface area contributed by atoms with E-state index in [9.17, 15) is 5.11 Å². The minimum absolute atomic E-state index is 0.235. The third-order valence-corrected chi connectivity index (χ3v) is 5.31. The van der Waals surface area contributed by atoms with Gasteiger partial charge in [-0.2, -0.15) is 0 Å². The van der Waals surface area contributed by atoms with E-state index in [1.54, 1.807) is 0 Å². The average molecular weight is 268 g/mol. The first-order valence-electron chi connectivity index (χ1n) is 8.50. The van der Waals surface area contributed by atoms with Crippen LogP contribution in [0.4, 0.5) is 0 Å². The van der Waals surface area contributed by atoms with E-state index in [2.05, 4.69) is 13.8 Å². The fourth-order valence-electron chi connectivity index (χ4n) is 4.37. The maximum atomic E-state index is 11.0. The highest BCUT2D eigenvalue weighted by molar-refractivity contribution is 4.96. The fraction of sp³-hybridized carbons (Fsp3) is 1.00. The van der Waals surface area contributed by atoms with Crippen molar-refractivity contribution in [3.8, 4) is 0 Å². The van der Waals surface area contributed by atoms with Gasteiger partial charge in [0.05, 0.1) is 11.7 Å². The molecule has 0 aromatic carbocycles. The summed E-state index contributed by atoms with van der Waals surface area (Å²) >= 11 is 0. The van der Waals surface area contributed by atoms with Crippen LogP contribution in [0.5, 0.6) is 0 Å². The maximum absolute atomic E-state index is 11.0. The van der Waals surface area contributed by atoms with E-state index in [0.29, 0.717) is 11.8 Å². The van der Waals surface area contributed by atoms with E-state index in [-0.39, 0.29) is 11.7 Å². The second kappa shape index (κ2) is 7.08. The summed E-state index contributed by atoms with van der Waals surface area (Å²) in [7, 11) is 0. The van der Waals surface area contributed by atoms with Gasteiger partial charge in [-0.1, -0.05) is 45.4 Å². The molecule has 3 unspecified atom stereocenters. The molecule has 2 heteroatoms. The zero-order chi connectivity index (χ0) is 13.7. The summed E-state index contributed by atoms with van der Waals surface area (Å²) in [4.78, 5) is 0. The molecule has 2 aliphatic rings. The van der Waals surface area contributed by atoms with Crippen molar-refractivity contribution in [2.45, 2.75) is 89.8 Å². The highest BCUT2D eigenvalue weighted by Crippen LogP contribution is 2.42. The van der Waals surface area contributed by atoms with E-state index < -0.39 is 0 Å². The lowest BCUT2D eigenvalue weighted by atomic mass is 9.71. The Morgan fingerprint density at radius 1 is 1.11 bits per heavy atom. The van der Waals surface area contributed by atoms with E-state index in [0.717, 1.165) is 19.4 Å². The number of hydrogen-bond donors (Lipinski definition) is 1. The van der Waals surface area contributed by atoms with E-state index in [4.69, 9.17) is 4.74 Å². The monoisotopic (exact) mass is 268 g/mol. The van der Waals surface area contributed by atoms with Crippen molar-refractivity contribution < 1.29 is 9.84 Å². The van der Waals surface area contributed by atoms with Crippen molar-refractivity contribution in [3.63, 3.8) is 0 Å². The summed E-state index contributed by atoms with van der Waals surface area (Å²) in [5.41, 5.74) is -0.235. The molecule has 3 atom stereocenters. The molecule has 0 bridgehead atoms. The average Bonchev–Trinajstić information content (AvgIpc) is 2.67. The van der Waals surface area contributed by atoms with Crippen molar-refractivity contribution in [1.82, 2.24) is 0 Å².